The maximum atomic E-state index is 12.8. The number of benzene rings is 1. The molecule has 0 aliphatic rings. The summed E-state index contributed by atoms with van der Waals surface area (Å²) in [5.74, 6) is -0.133. The lowest BCUT2D eigenvalue weighted by Crippen LogP contribution is -2.30. The zero-order valence-corrected chi connectivity index (χ0v) is 11.7. The van der Waals surface area contributed by atoms with E-state index < -0.39 is 11.7 Å². The van der Waals surface area contributed by atoms with Gasteiger partial charge in [0.2, 0.25) is 0 Å². The summed E-state index contributed by atoms with van der Waals surface area (Å²) in [4.78, 5) is 0. The van der Waals surface area contributed by atoms with Crippen LogP contribution in [0.2, 0.25) is 0 Å². The third kappa shape index (κ3) is 5.79. The third-order valence-corrected chi connectivity index (χ3v) is 2.65. The Hall–Kier alpha value is -1.27. The molecule has 0 saturated heterocycles. The van der Waals surface area contributed by atoms with Crippen LogP contribution in [-0.2, 0) is 10.9 Å². The molecule has 3 nitrogen and oxygen atoms in total. The number of alkyl halides is 3. The highest BCUT2D eigenvalue weighted by molar-refractivity contribution is 5.35. The molecule has 1 unspecified atom stereocenters. The third-order valence-electron chi connectivity index (χ3n) is 2.65. The van der Waals surface area contributed by atoms with E-state index in [0.29, 0.717) is 13.2 Å². The van der Waals surface area contributed by atoms with E-state index in [4.69, 9.17) is 9.47 Å². The van der Waals surface area contributed by atoms with Crippen molar-refractivity contribution in [3.8, 4) is 5.75 Å². The molecule has 1 atom stereocenters. The SMILES string of the molecule is COCCCNCC(C)Oc1ccccc1C(F)(F)F. The van der Waals surface area contributed by atoms with Gasteiger partial charge in [-0.2, -0.15) is 13.2 Å². The van der Waals surface area contributed by atoms with Crippen LogP contribution in [-0.4, -0.2) is 32.9 Å². The minimum Gasteiger partial charge on any atom is -0.489 e. The fourth-order valence-electron chi connectivity index (χ4n) is 1.71. The molecule has 1 aromatic rings. The molecule has 0 spiro atoms. The highest BCUT2D eigenvalue weighted by atomic mass is 19.4. The van der Waals surface area contributed by atoms with Gasteiger partial charge in [0.25, 0.3) is 0 Å². The van der Waals surface area contributed by atoms with Crippen molar-refractivity contribution in [3.05, 3.63) is 29.8 Å². The van der Waals surface area contributed by atoms with Crippen molar-refractivity contribution in [1.29, 1.82) is 0 Å². The first-order valence-electron chi connectivity index (χ1n) is 6.47. The molecule has 20 heavy (non-hydrogen) atoms. The largest absolute Gasteiger partial charge is 0.489 e. The van der Waals surface area contributed by atoms with Crippen molar-refractivity contribution < 1.29 is 22.6 Å². The van der Waals surface area contributed by atoms with Crippen LogP contribution in [0.3, 0.4) is 0 Å². The molecule has 0 bridgehead atoms. The Morgan fingerprint density at radius 2 is 1.95 bits per heavy atom. The molecule has 0 aromatic heterocycles. The number of para-hydroxylation sites is 1. The molecule has 0 amide bonds. The van der Waals surface area contributed by atoms with E-state index in [9.17, 15) is 13.2 Å². The predicted octanol–water partition coefficient (Wildman–Crippen LogP) is 3.10. The Kier molecular flexibility index (Phi) is 6.81. The van der Waals surface area contributed by atoms with E-state index >= 15 is 0 Å². The quantitative estimate of drug-likeness (QED) is 0.747. The topological polar surface area (TPSA) is 30.5 Å². The number of methoxy groups -OCH3 is 1. The van der Waals surface area contributed by atoms with Crippen LogP contribution in [0, 0.1) is 0 Å². The Morgan fingerprint density at radius 3 is 2.60 bits per heavy atom. The molecule has 0 aliphatic heterocycles. The van der Waals surface area contributed by atoms with Gasteiger partial charge in [0.05, 0.1) is 5.56 Å². The maximum Gasteiger partial charge on any atom is 0.419 e. The molecule has 0 saturated carbocycles. The van der Waals surface area contributed by atoms with E-state index in [1.54, 1.807) is 14.0 Å². The van der Waals surface area contributed by atoms with E-state index in [0.717, 1.165) is 19.0 Å². The summed E-state index contributed by atoms with van der Waals surface area (Å²) in [6.07, 6.45) is -3.90. The standard InChI is InChI=1S/C14H20F3NO2/c1-11(10-18-8-5-9-19-2)20-13-7-4-3-6-12(13)14(15,16)17/h3-4,6-7,11,18H,5,8-10H2,1-2H3. The van der Waals surface area contributed by atoms with Crippen LogP contribution in [0.1, 0.15) is 18.9 Å². The Labute approximate surface area is 117 Å². The zero-order chi connectivity index (χ0) is 15.0. The van der Waals surface area contributed by atoms with E-state index in [1.807, 2.05) is 0 Å². The Balaban J connectivity index is 2.48. The highest BCUT2D eigenvalue weighted by Crippen LogP contribution is 2.36. The number of hydrogen-bond acceptors (Lipinski definition) is 3. The van der Waals surface area contributed by atoms with Crippen molar-refractivity contribution in [2.45, 2.75) is 25.6 Å². The van der Waals surface area contributed by atoms with E-state index in [1.165, 1.54) is 18.2 Å². The van der Waals surface area contributed by atoms with Gasteiger partial charge in [-0.25, -0.2) is 0 Å². The van der Waals surface area contributed by atoms with Crippen molar-refractivity contribution in [2.75, 3.05) is 26.8 Å². The highest BCUT2D eigenvalue weighted by Gasteiger charge is 2.34. The lowest BCUT2D eigenvalue weighted by Gasteiger charge is -2.19. The fourth-order valence-corrected chi connectivity index (χ4v) is 1.71. The van der Waals surface area contributed by atoms with E-state index in [-0.39, 0.29) is 11.9 Å². The molecule has 1 rings (SSSR count). The summed E-state index contributed by atoms with van der Waals surface area (Å²) in [6, 6.07) is 5.24. The number of rotatable bonds is 8. The summed E-state index contributed by atoms with van der Waals surface area (Å²) in [6.45, 7) is 3.61. The lowest BCUT2D eigenvalue weighted by molar-refractivity contribution is -0.139. The van der Waals surface area contributed by atoms with Gasteiger partial charge in [0.1, 0.15) is 11.9 Å². The van der Waals surface area contributed by atoms with Crippen LogP contribution in [0.5, 0.6) is 5.75 Å². The molecule has 1 N–H and O–H groups in total. The summed E-state index contributed by atoms with van der Waals surface area (Å²) in [7, 11) is 1.62. The van der Waals surface area contributed by atoms with Gasteiger partial charge in [-0.15, -0.1) is 0 Å². The van der Waals surface area contributed by atoms with Crippen LogP contribution in [0.4, 0.5) is 13.2 Å². The lowest BCUT2D eigenvalue weighted by atomic mass is 10.2. The van der Waals surface area contributed by atoms with Crippen molar-refractivity contribution in [1.82, 2.24) is 5.32 Å². The zero-order valence-electron chi connectivity index (χ0n) is 11.7. The summed E-state index contributed by atoms with van der Waals surface area (Å²) < 4.78 is 48.6. The number of halogens is 3. The van der Waals surface area contributed by atoms with Crippen LogP contribution in [0.25, 0.3) is 0 Å². The minimum absolute atomic E-state index is 0.133. The molecule has 6 heteroatoms. The van der Waals surface area contributed by atoms with Gasteiger partial charge in [0, 0.05) is 20.3 Å². The second-order valence-corrected chi connectivity index (χ2v) is 4.47. The summed E-state index contributed by atoms with van der Waals surface area (Å²) in [5.41, 5.74) is -0.744. The minimum atomic E-state index is -4.40. The molecular formula is C14H20F3NO2. The monoisotopic (exact) mass is 291 g/mol. The van der Waals surface area contributed by atoms with Crippen molar-refractivity contribution in [2.24, 2.45) is 0 Å². The van der Waals surface area contributed by atoms with Crippen LogP contribution < -0.4 is 10.1 Å². The molecule has 114 valence electrons. The van der Waals surface area contributed by atoms with Gasteiger partial charge in [-0.1, -0.05) is 12.1 Å². The van der Waals surface area contributed by atoms with Gasteiger partial charge in [-0.05, 0) is 32.0 Å². The van der Waals surface area contributed by atoms with Crippen molar-refractivity contribution >= 4 is 0 Å². The van der Waals surface area contributed by atoms with Gasteiger partial charge in [0.15, 0.2) is 0 Å². The van der Waals surface area contributed by atoms with Crippen LogP contribution in [0.15, 0.2) is 24.3 Å². The first-order valence-corrected chi connectivity index (χ1v) is 6.47. The number of nitrogens with one attached hydrogen (secondary N) is 1. The smallest absolute Gasteiger partial charge is 0.419 e. The maximum absolute atomic E-state index is 12.8. The summed E-state index contributed by atoms with van der Waals surface area (Å²) >= 11 is 0. The predicted molar refractivity (Wildman–Crippen MR) is 70.9 cm³/mol. The molecular weight excluding hydrogens is 271 g/mol. The summed E-state index contributed by atoms with van der Waals surface area (Å²) in [5, 5.41) is 3.11. The first kappa shape index (κ1) is 16.8. The average Bonchev–Trinajstić information content (AvgIpc) is 2.38. The first-order chi connectivity index (χ1) is 9.45. The van der Waals surface area contributed by atoms with E-state index in [2.05, 4.69) is 5.32 Å². The average molecular weight is 291 g/mol. The normalized spacial score (nSPS) is 13.2. The Bertz CT molecular complexity index is 396. The van der Waals surface area contributed by atoms with Crippen LogP contribution >= 0.6 is 0 Å². The second kappa shape index (κ2) is 8.11. The molecule has 0 fully saturated rings. The molecule has 0 heterocycles. The Morgan fingerprint density at radius 1 is 1.25 bits per heavy atom. The van der Waals surface area contributed by atoms with Gasteiger partial charge >= 0.3 is 6.18 Å². The fraction of sp³-hybridized carbons (Fsp3) is 0.571. The molecule has 0 aliphatic carbocycles. The number of hydrogen-bond donors (Lipinski definition) is 1. The van der Waals surface area contributed by atoms with Crippen molar-refractivity contribution in [3.63, 3.8) is 0 Å². The van der Waals surface area contributed by atoms with Gasteiger partial charge in [-0.3, -0.25) is 0 Å². The second-order valence-electron chi connectivity index (χ2n) is 4.47. The molecule has 1 aromatic carbocycles. The molecule has 0 radical (unpaired) electrons. The number of ether oxygens (including phenoxy) is 2. The van der Waals surface area contributed by atoms with Gasteiger partial charge < -0.3 is 14.8 Å².